The molecule has 1 nitrogen and oxygen atoms in total. The van der Waals surface area contributed by atoms with Crippen LogP contribution in [0.3, 0.4) is 0 Å². The van der Waals surface area contributed by atoms with Gasteiger partial charge in [0.25, 0.3) is 0 Å². The molecule has 0 unspecified atom stereocenters. The summed E-state index contributed by atoms with van der Waals surface area (Å²) in [6, 6.07) is 7.76. The van der Waals surface area contributed by atoms with Gasteiger partial charge >= 0.3 is 0 Å². The molecule has 0 spiro atoms. The van der Waals surface area contributed by atoms with E-state index in [0.717, 1.165) is 23.1 Å². The smallest absolute Gasteiger partial charge is 0.120 e. The fourth-order valence-corrected chi connectivity index (χ4v) is 1.11. The van der Waals surface area contributed by atoms with E-state index in [9.17, 15) is 0 Å². The lowest BCUT2D eigenvalue weighted by Crippen LogP contribution is -1.82. The van der Waals surface area contributed by atoms with Gasteiger partial charge in [-0.3, -0.25) is 0 Å². The van der Waals surface area contributed by atoms with Crippen molar-refractivity contribution >= 4 is 15.9 Å². The van der Waals surface area contributed by atoms with Crippen molar-refractivity contribution in [1.82, 2.24) is 0 Å². The standard InChI is InChI=1S/C11H11BrO/c1-13-11-7-4-6-10(9-11)5-2-3-8-12/h4,6-7,9H,3,8H2,1H3. The third kappa shape index (κ3) is 3.52. The van der Waals surface area contributed by atoms with Crippen molar-refractivity contribution in [2.75, 3.05) is 12.4 Å². The van der Waals surface area contributed by atoms with E-state index in [1.807, 2.05) is 24.3 Å². The maximum Gasteiger partial charge on any atom is 0.120 e. The van der Waals surface area contributed by atoms with Crippen molar-refractivity contribution in [3.63, 3.8) is 0 Å². The summed E-state index contributed by atoms with van der Waals surface area (Å²) in [5.41, 5.74) is 1.00. The van der Waals surface area contributed by atoms with Crippen LogP contribution in [0.5, 0.6) is 5.75 Å². The van der Waals surface area contributed by atoms with Crippen LogP contribution in [-0.2, 0) is 0 Å². The molecular formula is C11H11BrO. The molecule has 13 heavy (non-hydrogen) atoms. The van der Waals surface area contributed by atoms with Gasteiger partial charge in [0.15, 0.2) is 0 Å². The molecule has 0 saturated heterocycles. The zero-order chi connectivity index (χ0) is 9.52. The molecule has 0 fully saturated rings. The molecule has 68 valence electrons. The second kappa shape index (κ2) is 5.66. The Hall–Kier alpha value is -0.940. The first-order valence-electron chi connectivity index (χ1n) is 4.05. The zero-order valence-corrected chi connectivity index (χ0v) is 9.10. The highest BCUT2D eigenvalue weighted by molar-refractivity contribution is 9.09. The lowest BCUT2D eigenvalue weighted by Gasteiger charge is -1.97. The average molecular weight is 239 g/mol. The third-order valence-electron chi connectivity index (χ3n) is 1.52. The van der Waals surface area contributed by atoms with Crippen LogP contribution >= 0.6 is 15.9 Å². The van der Waals surface area contributed by atoms with Crippen molar-refractivity contribution in [1.29, 1.82) is 0 Å². The molecule has 1 rings (SSSR count). The number of hydrogen-bond donors (Lipinski definition) is 0. The van der Waals surface area contributed by atoms with E-state index in [2.05, 4.69) is 27.8 Å². The molecule has 0 aliphatic heterocycles. The quantitative estimate of drug-likeness (QED) is 0.569. The summed E-state index contributed by atoms with van der Waals surface area (Å²) in [6.07, 6.45) is 0.872. The molecule has 0 N–H and O–H groups in total. The van der Waals surface area contributed by atoms with E-state index >= 15 is 0 Å². The maximum absolute atomic E-state index is 5.08. The van der Waals surface area contributed by atoms with Crippen LogP contribution < -0.4 is 4.74 Å². The van der Waals surface area contributed by atoms with Crippen molar-refractivity contribution in [3.8, 4) is 17.6 Å². The van der Waals surface area contributed by atoms with Gasteiger partial charge in [-0.25, -0.2) is 0 Å². The Balaban J connectivity index is 2.73. The molecule has 0 bridgehead atoms. The summed E-state index contributed by atoms with van der Waals surface area (Å²) in [5.74, 6) is 6.96. The Labute approximate surface area is 87.2 Å². The summed E-state index contributed by atoms with van der Waals surface area (Å²) < 4.78 is 5.08. The van der Waals surface area contributed by atoms with Crippen molar-refractivity contribution in [3.05, 3.63) is 29.8 Å². The summed E-state index contributed by atoms with van der Waals surface area (Å²) in [7, 11) is 1.66. The molecule has 2 heteroatoms. The van der Waals surface area contributed by atoms with Crippen LogP contribution in [0.4, 0.5) is 0 Å². The van der Waals surface area contributed by atoms with Crippen LogP contribution in [0, 0.1) is 11.8 Å². The lowest BCUT2D eigenvalue weighted by molar-refractivity contribution is 0.414. The summed E-state index contributed by atoms with van der Waals surface area (Å²) in [6.45, 7) is 0. The van der Waals surface area contributed by atoms with Gasteiger partial charge in [0.05, 0.1) is 7.11 Å². The monoisotopic (exact) mass is 238 g/mol. The van der Waals surface area contributed by atoms with Crippen LogP contribution in [0.25, 0.3) is 0 Å². The first-order valence-corrected chi connectivity index (χ1v) is 5.18. The van der Waals surface area contributed by atoms with Gasteiger partial charge in [-0.1, -0.05) is 33.8 Å². The number of alkyl halides is 1. The Morgan fingerprint density at radius 3 is 3.00 bits per heavy atom. The van der Waals surface area contributed by atoms with Gasteiger partial charge in [-0.15, -0.1) is 0 Å². The topological polar surface area (TPSA) is 9.23 Å². The number of ether oxygens (including phenoxy) is 1. The van der Waals surface area contributed by atoms with Crippen LogP contribution in [-0.4, -0.2) is 12.4 Å². The molecule has 1 aromatic rings. The van der Waals surface area contributed by atoms with Gasteiger partial charge in [-0.05, 0) is 18.2 Å². The molecule has 0 radical (unpaired) electrons. The van der Waals surface area contributed by atoms with Gasteiger partial charge in [0.1, 0.15) is 5.75 Å². The van der Waals surface area contributed by atoms with Crippen LogP contribution in [0.2, 0.25) is 0 Å². The molecule has 0 aliphatic rings. The Morgan fingerprint density at radius 2 is 2.31 bits per heavy atom. The lowest BCUT2D eigenvalue weighted by atomic mass is 10.2. The summed E-state index contributed by atoms with van der Waals surface area (Å²) in [5, 5.41) is 0.921. The van der Waals surface area contributed by atoms with Crippen molar-refractivity contribution < 1.29 is 4.74 Å². The molecule has 0 amide bonds. The largest absolute Gasteiger partial charge is 0.497 e. The minimum atomic E-state index is 0.852. The van der Waals surface area contributed by atoms with Crippen LogP contribution in [0.15, 0.2) is 24.3 Å². The highest BCUT2D eigenvalue weighted by Gasteiger charge is 1.90. The van der Waals surface area contributed by atoms with E-state index in [0.29, 0.717) is 0 Å². The van der Waals surface area contributed by atoms with Gasteiger partial charge in [0, 0.05) is 17.3 Å². The minimum Gasteiger partial charge on any atom is -0.497 e. The third-order valence-corrected chi connectivity index (χ3v) is 1.92. The highest BCUT2D eigenvalue weighted by Crippen LogP contribution is 2.11. The second-order valence-electron chi connectivity index (χ2n) is 2.47. The Morgan fingerprint density at radius 1 is 1.46 bits per heavy atom. The van der Waals surface area contributed by atoms with E-state index in [1.165, 1.54) is 0 Å². The van der Waals surface area contributed by atoms with Crippen molar-refractivity contribution in [2.24, 2.45) is 0 Å². The van der Waals surface area contributed by atoms with Gasteiger partial charge in [0.2, 0.25) is 0 Å². The molecule has 0 heterocycles. The average Bonchev–Trinajstić information content (AvgIpc) is 2.19. The van der Waals surface area contributed by atoms with E-state index in [1.54, 1.807) is 7.11 Å². The normalized spacial score (nSPS) is 8.77. The molecule has 1 aromatic carbocycles. The number of methoxy groups -OCH3 is 1. The number of hydrogen-bond acceptors (Lipinski definition) is 1. The summed E-state index contributed by atoms with van der Waals surface area (Å²) in [4.78, 5) is 0. The fraction of sp³-hybridized carbons (Fsp3) is 0.273. The molecule has 0 atom stereocenters. The molecule has 0 saturated carbocycles. The molecular weight excluding hydrogens is 228 g/mol. The van der Waals surface area contributed by atoms with E-state index in [4.69, 9.17) is 4.74 Å². The number of benzene rings is 1. The first-order chi connectivity index (χ1) is 6.36. The fourth-order valence-electron chi connectivity index (χ4n) is 0.913. The summed E-state index contributed by atoms with van der Waals surface area (Å²) >= 11 is 3.32. The number of halogens is 1. The Kier molecular flexibility index (Phi) is 4.42. The van der Waals surface area contributed by atoms with Gasteiger partial charge in [-0.2, -0.15) is 0 Å². The SMILES string of the molecule is COc1cccc(C#CCCBr)c1. The van der Waals surface area contributed by atoms with Gasteiger partial charge < -0.3 is 4.74 Å². The minimum absolute atomic E-state index is 0.852. The Bertz CT molecular complexity index is 322. The first kappa shape index (κ1) is 10.1. The van der Waals surface area contributed by atoms with Crippen molar-refractivity contribution in [2.45, 2.75) is 6.42 Å². The number of rotatable bonds is 2. The van der Waals surface area contributed by atoms with Crippen LogP contribution in [0.1, 0.15) is 12.0 Å². The zero-order valence-electron chi connectivity index (χ0n) is 7.51. The van der Waals surface area contributed by atoms with E-state index < -0.39 is 0 Å². The predicted molar refractivity (Wildman–Crippen MR) is 58.3 cm³/mol. The maximum atomic E-state index is 5.08. The second-order valence-corrected chi connectivity index (χ2v) is 3.27. The molecule has 0 aromatic heterocycles. The van der Waals surface area contributed by atoms with E-state index in [-0.39, 0.29) is 0 Å². The molecule has 0 aliphatic carbocycles. The highest BCUT2D eigenvalue weighted by atomic mass is 79.9. The predicted octanol–water partition coefficient (Wildman–Crippen LogP) is 2.83.